The largest absolute Gasteiger partial charge is 0.399 e. The van der Waals surface area contributed by atoms with Crippen LogP contribution in [0.4, 0.5) is 11.4 Å². The molecule has 3 N–H and O–H groups in total. The highest BCUT2D eigenvalue weighted by Gasteiger charge is 2.29. The smallest absolute Gasteiger partial charge is 0.282 e. The summed E-state index contributed by atoms with van der Waals surface area (Å²) >= 11 is 0. The minimum Gasteiger partial charge on any atom is -0.399 e. The summed E-state index contributed by atoms with van der Waals surface area (Å²) in [6.07, 6.45) is 3.87. The molecule has 1 fully saturated rings. The van der Waals surface area contributed by atoms with Crippen LogP contribution in [-0.4, -0.2) is 16.9 Å². The van der Waals surface area contributed by atoms with Gasteiger partial charge in [-0.25, -0.2) is 0 Å². The van der Waals surface area contributed by atoms with Crippen LogP contribution in [0, 0.1) is 15.5 Å². The Labute approximate surface area is 123 Å². The topological polar surface area (TPSA) is 98.3 Å². The Morgan fingerprint density at radius 3 is 2.57 bits per heavy atom. The van der Waals surface area contributed by atoms with Crippen LogP contribution >= 0.6 is 0 Å². The number of carbonyl (C=O) groups excluding carboxylic acids is 1. The van der Waals surface area contributed by atoms with Crippen LogP contribution in [0.2, 0.25) is 0 Å². The van der Waals surface area contributed by atoms with Crippen LogP contribution in [0.25, 0.3) is 0 Å². The normalized spacial score (nSPS) is 18.2. The van der Waals surface area contributed by atoms with Gasteiger partial charge in [0, 0.05) is 17.8 Å². The molecule has 1 aromatic rings. The lowest BCUT2D eigenvalue weighted by Gasteiger charge is -2.34. The van der Waals surface area contributed by atoms with Crippen molar-refractivity contribution in [2.45, 2.75) is 45.6 Å². The van der Waals surface area contributed by atoms with Crippen molar-refractivity contribution in [1.29, 1.82) is 0 Å². The summed E-state index contributed by atoms with van der Waals surface area (Å²) in [5, 5.41) is 13.9. The van der Waals surface area contributed by atoms with E-state index in [4.69, 9.17) is 5.73 Å². The quantitative estimate of drug-likeness (QED) is 0.508. The number of hydrogen-bond acceptors (Lipinski definition) is 4. The fraction of sp³-hybridized carbons (Fsp3) is 0.533. The van der Waals surface area contributed by atoms with Crippen molar-refractivity contribution in [1.82, 2.24) is 5.32 Å². The maximum Gasteiger partial charge on any atom is 0.282 e. The summed E-state index contributed by atoms with van der Waals surface area (Å²) in [4.78, 5) is 22.7. The van der Waals surface area contributed by atoms with Gasteiger partial charge in [-0.3, -0.25) is 14.9 Å². The van der Waals surface area contributed by atoms with Gasteiger partial charge in [0.05, 0.1) is 4.92 Å². The average molecular weight is 291 g/mol. The first-order chi connectivity index (χ1) is 9.78. The SMILES string of the molecule is CC1(C)CCC(NC(=O)c2cc(N)ccc2[N+](=O)[O-])CC1. The molecule has 1 amide bonds. The third-order valence-electron chi connectivity index (χ3n) is 4.14. The minimum absolute atomic E-state index is 0.0323. The molecule has 1 aliphatic carbocycles. The number of nitrogen functional groups attached to an aromatic ring is 1. The van der Waals surface area contributed by atoms with Gasteiger partial charge in [0.25, 0.3) is 11.6 Å². The highest BCUT2D eigenvalue weighted by molar-refractivity contribution is 5.99. The highest BCUT2D eigenvalue weighted by atomic mass is 16.6. The molecule has 0 heterocycles. The number of nitro groups is 1. The molecular formula is C15H21N3O3. The molecule has 0 bridgehead atoms. The molecule has 0 atom stereocenters. The molecule has 2 rings (SSSR count). The molecule has 6 heteroatoms. The van der Waals surface area contributed by atoms with Gasteiger partial charge in [0.15, 0.2) is 0 Å². The van der Waals surface area contributed by atoms with Crippen molar-refractivity contribution in [2.24, 2.45) is 5.41 Å². The van der Waals surface area contributed by atoms with E-state index in [0.717, 1.165) is 25.7 Å². The van der Waals surface area contributed by atoms with E-state index in [1.54, 1.807) is 0 Å². The Hall–Kier alpha value is -2.11. The van der Waals surface area contributed by atoms with E-state index >= 15 is 0 Å². The summed E-state index contributed by atoms with van der Waals surface area (Å²) in [7, 11) is 0. The minimum atomic E-state index is -0.557. The lowest BCUT2D eigenvalue weighted by atomic mass is 9.75. The second kappa shape index (κ2) is 5.71. The molecule has 0 aliphatic heterocycles. The predicted molar refractivity (Wildman–Crippen MR) is 81.0 cm³/mol. The van der Waals surface area contributed by atoms with Crippen LogP contribution < -0.4 is 11.1 Å². The number of nitrogens with zero attached hydrogens (tertiary/aromatic N) is 1. The molecule has 6 nitrogen and oxygen atoms in total. The van der Waals surface area contributed by atoms with Crippen molar-refractivity contribution in [3.8, 4) is 0 Å². The van der Waals surface area contributed by atoms with Crippen LogP contribution in [0.15, 0.2) is 18.2 Å². The monoisotopic (exact) mass is 291 g/mol. The lowest BCUT2D eigenvalue weighted by Crippen LogP contribution is -2.39. The number of nitro benzene ring substituents is 1. The number of nitrogens with two attached hydrogens (primary N) is 1. The molecule has 1 saturated carbocycles. The summed E-state index contributed by atoms with van der Waals surface area (Å²) in [6, 6.07) is 4.14. The summed E-state index contributed by atoms with van der Waals surface area (Å²) < 4.78 is 0. The molecule has 0 spiro atoms. The zero-order chi connectivity index (χ0) is 15.6. The van der Waals surface area contributed by atoms with Gasteiger partial charge in [0.2, 0.25) is 0 Å². The molecule has 0 unspecified atom stereocenters. The number of hydrogen-bond donors (Lipinski definition) is 2. The van der Waals surface area contributed by atoms with Crippen molar-refractivity contribution in [2.75, 3.05) is 5.73 Å². The fourth-order valence-corrected chi connectivity index (χ4v) is 2.70. The van der Waals surface area contributed by atoms with Crippen LogP contribution in [0.1, 0.15) is 49.9 Å². The number of amides is 1. The number of anilines is 1. The van der Waals surface area contributed by atoms with Crippen LogP contribution in [0.5, 0.6) is 0 Å². The summed E-state index contributed by atoms with van der Waals surface area (Å²) in [5.74, 6) is -0.418. The third kappa shape index (κ3) is 3.71. The Morgan fingerprint density at radius 1 is 1.38 bits per heavy atom. The molecule has 0 radical (unpaired) electrons. The fourth-order valence-electron chi connectivity index (χ4n) is 2.70. The maximum absolute atomic E-state index is 12.3. The summed E-state index contributed by atoms with van der Waals surface area (Å²) in [6.45, 7) is 4.43. The zero-order valence-corrected chi connectivity index (χ0v) is 12.4. The van der Waals surface area contributed by atoms with E-state index < -0.39 is 10.8 Å². The summed E-state index contributed by atoms with van der Waals surface area (Å²) in [5.41, 5.74) is 6.11. The van der Waals surface area contributed by atoms with E-state index in [2.05, 4.69) is 19.2 Å². The average Bonchev–Trinajstić information content (AvgIpc) is 2.40. The standard InChI is InChI=1S/C15H21N3O3/c1-15(2)7-5-11(6-8-15)17-14(19)12-9-10(16)3-4-13(12)18(20)21/h3-4,9,11H,5-8,16H2,1-2H3,(H,17,19). The van der Waals surface area contributed by atoms with Crippen molar-refractivity contribution in [3.63, 3.8) is 0 Å². The molecule has 21 heavy (non-hydrogen) atoms. The Kier molecular flexibility index (Phi) is 4.16. The third-order valence-corrected chi connectivity index (χ3v) is 4.14. The lowest BCUT2D eigenvalue weighted by molar-refractivity contribution is -0.385. The first-order valence-electron chi connectivity index (χ1n) is 7.13. The number of benzene rings is 1. The molecular weight excluding hydrogens is 270 g/mol. The van der Waals surface area contributed by atoms with Gasteiger partial charge >= 0.3 is 0 Å². The number of nitrogens with one attached hydrogen (secondary N) is 1. The Bertz CT molecular complexity index is 559. The molecule has 0 aromatic heterocycles. The van der Waals surface area contributed by atoms with Crippen LogP contribution in [0.3, 0.4) is 0 Å². The number of rotatable bonds is 3. The van der Waals surface area contributed by atoms with E-state index in [0.29, 0.717) is 11.1 Å². The van der Waals surface area contributed by atoms with Gasteiger partial charge in [-0.1, -0.05) is 13.8 Å². The molecule has 1 aliphatic rings. The first-order valence-corrected chi connectivity index (χ1v) is 7.13. The van der Waals surface area contributed by atoms with Crippen molar-refractivity contribution < 1.29 is 9.72 Å². The van der Waals surface area contributed by atoms with Gasteiger partial charge in [-0.05, 0) is 43.2 Å². The van der Waals surface area contributed by atoms with E-state index in [1.165, 1.54) is 18.2 Å². The zero-order valence-electron chi connectivity index (χ0n) is 12.4. The second-order valence-electron chi connectivity index (χ2n) is 6.45. The maximum atomic E-state index is 12.3. The van der Waals surface area contributed by atoms with Crippen molar-refractivity contribution >= 4 is 17.3 Å². The Balaban J connectivity index is 2.11. The van der Waals surface area contributed by atoms with E-state index in [1.807, 2.05) is 0 Å². The predicted octanol–water partition coefficient (Wildman–Crippen LogP) is 2.88. The van der Waals surface area contributed by atoms with E-state index in [9.17, 15) is 14.9 Å². The molecule has 1 aromatic carbocycles. The molecule has 114 valence electrons. The molecule has 0 saturated heterocycles. The number of carbonyl (C=O) groups is 1. The van der Waals surface area contributed by atoms with Gasteiger partial charge in [0.1, 0.15) is 5.56 Å². The van der Waals surface area contributed by atoms with Gasteiger partial charge in [-0.2, -0.15) is 0 Å². The highest BCUT2D eigenvalue weighted by Crippen LogP contribution is 2.35. The van der Waals surface area contributed by atoms with Gasteiger partial charge in [-0.15, -0.1) is 0 Å². The van der Waals surface area contributed by atoms with Gasteiger partial charge < -0.3 is 11.1 Å². The van der Waals surface area contributed by atoms with E-state index in [-0.39, 0.29) is 17.3 Å². The Morgan fingerprint density at radius 2 is 2.00 bits per heavy atom. The van der Waals surface area contributed by atoms with Crippen LogP contribution in [-0.2, 0) is 0 Å². The second-order valence-corrected chi connectivity index (χ2v) is 6.45. The van der Waals surface area contributed by atoms with Crippen molar-refractivity contribution in [3.05, 3.63) is 33.9 Å². The first kappa shape index (κ1) is 15.3.